The van der Waals surface area contributed by atoms with Gasteiger partial charge in [0.15, 0.2) is 17.5 Å². The Labute approximate surface area is 184 Å². The number of likely N-dealkylation sites (tertiary alicyclic amines) is 1. The lowest BCUT2D eigenvalue weighted by atomic mass is 9.96. The number of nitrogens with two attached hydrogens (primary N) is 1. The van der Waals surface area contributed by atoms with Crippen molar-refractivity contribution >= 4 is 29.5 Å². The van der Waals surface area contributed by atoms with Gasteiger partial charge >= 0.3 is 6.03 Å². The summed E-state index contributed by atoms with van der Waals surface area (Å²) < 4.78 is 14.5. The fraction of sp³-hybridized carbons (Fsp3) is 0.500. The maximum Gasteiger partial charge on any atom is 0.318 e. The molecule has 0 bridgehead atoms. The number of hydrogen-bond acceptors (Lipinski definition) is 6. The van der Waals surface area contributed by atoms with Crippen molar-refractivity contribution in [2.75, 3.05) is 31.5 Å². The van der Waals surface area contributed by atoms with Crippen LogP contribution in [0.4, 0.5) is 15.0 Å². The van der Waals surface area contributed by atoms with Crippen LogP contribution in [0.1, 0.15) is 26.2 Å². The standard InChI is InChI=1S/C20H26ClFN8O/c1-2-24-19(31)30-6-4-3-5-20(30,23)11-28-18-15(22)10-27-17(29-18)14-9-26-16-13(14)7-12(21)8-25-16/h7,9-10,12H,2-6,8,11,23H2,1H3,(H,24,31)(H,25,26)(H,27,28,29)/t12?,20-/m1/s1. The first-order valence-electron chi connectivity index (χ1n) is 10.4. The van der Waals surface area contributed by atoms with Crippen molar-refractivity contribution in [1.29, 1.82) is 0 Å². The Morgan fingerprint density at radius 1 is 1.48 bits per heavy atom. The highest BCUT2D eigenvalue weighted by Crippen LogP contribution is 2.25. The number of fused-ring (bicyclic) bond motifs is 1. The summed E-state index contributed by atoms with van der Waals surface area (Å²) in [6.07, 6.45) is 7.11. The third kappa shape index (κ3) is 4.35. The average Bonchev–Trinajstić information content (AvgIpc) is 3.16. The lowest BCUT2D eigenvalue weighted by molar-refractivity contribution is 0.0896. The number of urea groups is 1. The number of piperidine rings is 1. The van der Waals surface area contributed by atoms with Crippen molar-refractivity contribution in [1.82, 2.24) is 25.2 Å². The van der Waals surface area contributed by atoms with Gasteiger partial charge in [-0.3, -0.25) is 4.99 Å². The first-order chi connectivity index (χ1) is 14.9. The number of alkyl halides is 1. The number of carbonyl (C=O) groups is 1. The maximum atomic E-state index is 14.5. The molecule has 1 saturated heterocycles. The highest BCUT2D eigenvalue weighted by Gasteiger charge is 2.38. The number of carbonyl (C=O) groups excluding carboxylic acids is 1. The predicted molar refractivity (Wildman–Crippen MR) is 117 cm³/mol. The molecule has 0 radical (unpaired) electrons. The van der Waals surface area contributed by atoms with Crippen LogP contribution in [-0.2, 0) is 0 Å². The summed E-state index contributed by atoms with van der Waals surface area (Å²) in [5.41, 5.74) is 7.02. The van der Waals surface area contributed by atoms with Crippen LogP contribution in [0.15, 0.2) is 17.4 Å². The Morgan fingerprint density at radius 3 is 3.13 bits per heavy atom. The minimum Gasteiger partial charge on any atom is -0.364 e. The molecule has 31 heavy (non-hydrogen) atoms. The van der Waals surface area contributed by atoms with Crippen LogP contribution in [0.3, 0.4) is 0 Å². The number of aromatic nitrogens is 3. The minimum absolute atomic E-state index is 0.0290. The number of anilines is 1. The summed E-state index contributed by atoms with van der Waals surface area (Å²) >= 11 is 6.20. The SMILES string of the molecule is CCNC(=O)N1CCCC[C@]1(N)CNc1nc(-c2c[nH]c3c2=CC(Cl)CN=3)ncc1F. The van der Waals surface area contributed by atoms with Crippen LogP contribution in [0.25, 0.3) is 17.5 Å². The van der Waals surface area contributed by atoms with Crippen LogP contribution in [-0.4, -0.2) is 63.1 Å². The Bertz CT molecular complexity index is 1090. The summed E-state index contributed by atoms with van der Waals surface area (Å²) in [6.45, 7) is 3.57. The van der Waals surface area contributed by atoms with Gasteiger partial charge in [-0.05, 0) is 26.2 Å². The number of rotatable bonds is 5. The molecule has 166 valence electrons. The van der Waals surface area contributed by atoms with Crippen LogP contribution in [0.2, 0.25) is 0 Å². The van der Waals surface area contributed by atoms with Crippen LogP contribution >= 0.6 is 11.6 Å². The third-order valence-electron chi connectivity index (χ3n) is 5.57. The first-order valence-corrected chi connectivity index (χ1v) is 10.8. The molecule has 5 N–H and O–H groups in total. The highest BCUT2D eigenvalue weighted by atomic mass is 35.5. The second-order valence-corrected chi connectivity index (χ2v) is 8.34. The fourth-order valence-electron chi connectivity index (χ4n) is 3.97. The number of halogens is 2. The summed E-state index contributed by atoms with van der Waals surface area (Å²) in [4.78, 5) is 30.0. The molecule has 2 aliphatic heterocycles. The van der Waals surface area contributed by atoms with E-state index in [4.69, 9.17) is 17.3 Å². The fourth-order valence-corrected chi connectivity index (χ4v) is 4.17. The molecule has 1 unspecified atom stereocenters. The van der Waals surface area contributed by atoms with Gasteiger partial charge < -0.3 is 26.3 Å². The van der Waals surface area contributed by atoms with Crippen molar-refractivity contribution in [3.63, 3.8) is 0 Å². The number of nitrogens with one attached hydrogen (secondary N) is 3. The Morgan fingerprint density at radius 2 is 2.32 bits per heavy atom. The van der Waals surface area contributed by atoms with Gasteiger partial charge in [-0.15, -0.1) is 11.6 Å². The van der Waals surface area contributed by atoms with Crippen molar-refractivity contribution in [3.8, 4) is 11.4 Å². The second kappa shape index (κ2) is 8.80. The van der Waals surface area contributed by atoms with Gasteiger partial charge in [-0.2, -0.15) is 0 Å². The van der Waals surface area contributed by atoms with Gasteiger partial charge in [0.2, 0.25) is 0 Å². The topological polar surface area (TPSA) is 124 Å². The van der Waals surface area contributed by atoms with E-state index in [1.54, 1.807) is 11.1 Å². The zero-order chi connectivity index (χ0) is 22.0. The first kappa shape index (κ1) is 21.5. The normalized spacial score (nSPS) is 22.8. The lowest BCUT2D eigenvalue weighted by Gasteiger charge is -2.44. The quantitative estimate of drug-likeness (QED) is 0.506. The molecule has 0 aromatic carbocycles. The number of hydrogen-bond donors (Lipinski definition) is 4. The summed E-state index contributed by atoms with van der Waals surface area (Å²) in [6, 6.07) is -0.218. The highest BCUT2D eigenvalue weighted by molar-refractivity contribution is 6.24. The van der Waals surface area contributed by atoms with E-state index in [0.29, 0.717) is 42.9 Å². The maximum absolute atomic E-state index is 14.5. The molecule has 4 rings (SSSR count). The van der Waals surface area contributed by atoms with Crippen molar-refractivity contribution in [2.45, 2.75) is 37.2 Å². The molecule has 1 fully saturated rings. The van der Waals surface area contributed by atoms with E-state index in [1.807, 2.05) is 13.0 Å². The van der Waals surface area contributed by atoms with Crippen LogP contribution in [0, 0.1) is 5.82 Å². The Balaban J connectivity index is 1.58. The van der Waals surface area contributed by atoms with Gasteiger partial charge in [0.25, 0.3) is 0 Å². The molecular weight excluding hydrogens is 423 g/mol. The molecule has 2 aromatic rings. The number of H-pyrrole nitrogens is 1. The zero-order valence-electron chi connectivity index (χ0n) is 17.3. The van der Waals surface area contributed by atoms with Gasteiger partial charge in [-0.1, -0.05) is 6.08 Å². The molecule has 0 saturated carbocycles. The van der Waals surface area contributed by atoms with E-state index in [9.17, 15) is 9.18 Å². The van der Waals surface area contributed by atoms with E-state index in [-0.39, 0.29) is 23.8 Å². The molecule has 0 spiro atoms. The number of nitrogens with zero attached hydrogens (tertiary/aromatic N) is 4. The number of aromatic amines is 1. The monoisotopic (exact) mass is 448 g/mol. The second-order valence-electron chi connectivity index (χ2n) is 7.78. The molecule has 11 heteroatoms. The molecule has 9 nitrogen and oxygen atoms in total. The molecular formula is C20H26ClFN8O. The third-order valence-corrected chi connectivity index (χ3v) is 5.83. The smallest absolute Gasteiger partial charge is 0.318 e. The zero-order valence-corrected chi connectivity index (χ0v) is 18.0. The van der Waals surface area contributed by atoms with Gasteiger partial charge in [0, 0.05) is 30.1 Å². The molecule has 2 aliphatic rings. The van der Waals surface area contributed by atoms with E-state index in [1.165, 1.54) is 0 Å². The van der Waals surface area contributed by atoms with Crippen molar-refractivity contribution in [2.24, 2.45) is 10.7 Å². The van der Waals surface area contributed by atoms with Gasteiger partial charge in [-0.25, -0.2) is 19.2 Å². The molecule has 2 atom stereocenters. The molecule has 0 aliphatic carbocycles. The van der Waals surface area contributed by atoms with E-state index < -0.39 is 11.5 Å². The average molecular weight is 449 g/mol. The number of amides is 2. The molecule has 2 aromatic heterocycles. The lowest BCUT2D eigenvalue weighted by Crippen LogP contribution is -2.65. The van der Waals surface area contributed by atoms with Crippen LogP contribution < -0.4 is 27.1 Å². The Kier molecular flexibility index (Phi) is 6.10. The summed E-state index contributed by atoms with van der Waals surface area (Å²) in [5, 5.41) is 6.37. The van der Waals surface area contributed by atoms with Crippen LogP contribution in [0.5, 0.6) is 0 Å². The van der Waals surface area contributed by atoms with E-state index in [0.717, 1.165) is 24.3 Å². The summed E-state index contributed by atoms with van der Waals surface area (Å²) in [7, 11) is 0. The largest absolute Gasteiger partial charge is 0.364 e. The van der Waals surface area contributed by atoms with Gasteiger partial charge in [0.1, 0.15) is 11.2 Å². The van der Waals surface area contributed by atoms with Gasteiger partial charge in [0.05, 0.1) is 24.7 Å². The van der Waals surface area contributed by atoms with E-state index in [2.05, 4.69) is 30.6 Å². The van der Waals surface area contributed by atoms with E-state index >= 15 is 0 Å². The van der Waals surface area contributed by atoms with Crippen molar-refractivity contribution < 1.29 is 9.18 Å². The minimum atomic E-state index is -0.944. The Hall–Kier alpha value is -2.72. The van der Waals surface area contributed by atoms with Crippen molar-refractivity contribution in [3.05, 3.63) is 28.9 Å². The predicted octanol–water partition coefficient (Wildman–Crippen LogP) is 0.914. The molecule has 2 amide bonds. The summed E-state index contributed by atoms with van der Waals surface area (Å²) in [5.74, 6) is -0.226. The molecule has 4 heterocycles.